The zero-order chi connectivity index (χ0) is 14.0. The minimum atomic E-state index is -3.39. The number of sulfonamides is 1. The van der Waals surface area contributed by atoms with Crippen molar-refractivity contribution < 1.29 is 8.42 Å². The molecule has 0 saturated carbocycles. The van der Waals surface area contributed by atoms with Gasteiger partial charge in [-0.05, 0) is 40.8 Å². The van der Waals surface area contributed by atoms with Gasteiger partial charge in [0.2, 0.25) is 10.0 Å². The highest BCUT2D eigenvalue weighted by atomic mass is 79.9. The van der Waals surface area contributed by atoms with Crippen molar-refractivity contribution in [1.82, 2.24) is 4.31 Å². The van der Waals surface area contributed by atoms with E-state index in [4.69, 9.17) is 11.6 Å². The lowest BCUT2D eigenvalue weighted by molar-refractivity contribution is 0.261. The third-order valence-electron chi connectivity index (χ3n) is 3.52. The van der Waals surface area contributed by atoms with Crippen LogP contribution in [0.3, 0.4) is 0 Å². The van der Waals surface area contributed by atoms with Gasteiger partial charge < -0.3 is 0 Å². The van der Waals surface area contributed by atoms with E-state index in [0.29, 0.717) is 33.6 Å². The summed E-state index contributed by atoms with van der Waals surface area (Å²) >= 11 is 10.5. The number of nitrogens with zero attached hydrogens (tertiary/aromatic N) is 1. The van der Waals surface area contributed by atoms with Gasteiger partial charge in [-0.25, -0.2) is 8.42 Å². The van der Waals surface area contributed by atoms with Crippen molar-refractivity contribution in [3.05, 3.63) is 14.7 Å². The molecule has 1 unspecified atom stereocenters. The molecular weight excluding hydrogens is 370 g/mol. The number of alkyl halides is 1. The SMILES string of the molecule is CCC1CCCN(S(=O)(=O)c2cc(CCl)sc2Br)C1. The van der Waals surface area contributed by atoms with Crippen LogP contribution in [0, 0.1) is 5.92 Å². The maximum Gasteiger partial charge on any atom is 0.245 e. The fourth-order valence-electron chi connectivity index (χ4n) is 2.36. The van der Waals surface area contributed by atoms with Crippen molar-refractivity contribution in [3.8, 4) is 0 Å². The quantitative estimate of drug-likeness (QED) is 0.732. The van der Waals surface area contributed by atoms with Gasteiger partial charge in [-0.2, -0.15) is 4.31 Å². The van der Waals surface area contributed by atoms with Crippen molar-refractivity contribution >= 4 is 48.9 Å². The van der Waals surface area contributed by atoms with E-state index in [1.165, 1.54) is 11.3 Å². The largest absolute Gasteiger partial charge is 0.245 e. The summed E-state index contributed by atoms with van der Waals surface area (Å²) < 4.78 is 27.6. The number of rotatable bonds is 4. The van der Waals surface area contributed by atoms with Crippen LogP contribution < -0.4 is 0 Å². The van der Waals surface area contributed by atoms with Crippen molar-refractivity contribution in [2.45, 2.75) is 37.0 Å². The molecule has 1 saturated heterocycles. The van der Waals surface area contributed by atoms with Crippen LogP contribution in [0.15, 0.2) is 14.7 Å². The minimum absolute atomic E-state index is 0.344. The Hall–Kier alpha value is 0.380. The van der Waals surface area contributed by atoms with Crippen LogP contribution in [-0.4, -0.2) is 25.8 Å². The lowest BCUT2D eigenvalue weighted by atomic mass is 9.97. The molecule has 3 nitrogen and oxygen atoms in total. The highest BCUT2D eigenvalue weighted by Gasteiger charge is 2.32. The Bertz CT molecular complexity index is 544. The average molecular weight is 387 g/mol. The highest BCUT2D eigenvalue weighted by Crippen LogP contribution is 2.35. The molecule has 0 bridgehead atoms. The van der Waals surface area contributed by atoms with E-state index in [9.17, 15) is 8.42 Å². The lowest BCUT2D eigenvalue weighted by Gasteiger charge is -2.31. The topological polar surface area (TPSA) is 37.4 Å². The molecular formula is C12H17BrClNO2S2. The third-order valence-corrected chi connectivity index (χ3v) is 8.08. The maximum absolute atomic E-state index is 12.7. The number of piperidine rings is 1. The van der Waals surface area contributed by atoms with Crippen LogP contribution in [0.4, 0.5) is 0 Å². The van der Waals surface area contributed by atoms with Gasteiger partial charge >= 0.3 is 0 Å². The second-order valence-electron chi connectivity index (χ2n) is 4.76. The van der Waals surface area contributed by atoms with Crippen LogP contribution in [-0.2, 0) is 15.9 Å². The fourth-order valence-corrected chi connectivity index (χ4v) is 6.63. The minimum Gasteiger partial charge on any atom is -0.207 e. The number of thiophene rings is 1. The van der Waals surface area contributed by atoms with Crippen LogP contribution in [0.1, 0.15) is 31.1 Å². The molecule has 1 aromatic heterocycles. The molecule has 0 aromatic carbocycles. The van der Waals surface area contributed by atoms with Crippen molar-refractivity contribution in [2.24, 2.45) is 5.92 Å². The van der Waals surface area contributed by atoms with E-state index in [1.807, 2.05) is 0 Å². The molecule has 2 heterocycles. The highest BCUT2D eigenvalue weighted by molar-refractivity contribution is 9.11. The fraction of sp³-hybridized carbons (Fsp3) is 0.667. The third kappa shape index (κ3) is 3.35. The molecule has 108 valence electrons. The van der Waals surface area contributed by atoms with Gasteiger partial charge in [0.25, 0.3) is 0 Å². The van der Waals surface area contributed by atoms with E-state index in [2.05, 4.69) is 22.9 Å². The number of hydrogen-bond acceptors (Lipinski definition) is 3. The summed E-state index contributed by atoms with van der Waals surface area (Å²) in [6.07, 6.45) is 3.10. The van der Waals surface area contributed by atoms with Gasteiger partial charge in [0.15, 0.2) is 0 Å². The second-order valence-corrected chi connectivity index (χ2v) is 9.39. The zero-order valence-corrected chi connectivity index (χ0v) is 14.7. The zero-order valence-electron chi connectivity index (χ0n) is 10.7. The summed E-state index contributed by atoms with van der Waals surface area (Å²) in [5.74, 6) is 0.824. The number of hydrogen-bond donors (Lipinski definition) is 0. The van der Waals surface area contributed by atoms with Crippen LogP contribution in [0.2, 0.25) is 0 Å². The van der Waals surface area contributed by atoms with Crippen LogP contribution >= 0.6 is 38.9 Å². The predicted octanol–water partition coefficient (Wildman–Crippen LogP) is 4.06. The molecule has 1 atom stereocenters. The summed E-state index contributed by atoms with van der Waals surface area (Å²) in [6.45, 7) is 3.38. The van der Waals surface area contributed by atoms with Crippen molar-refractivity contribution in [2.75, 3.05) is 13.1 Å². The summed E-state index contributed by atoms with van der Waals surface area (Å²) in [4.78, 5) is 1.24. The molecule has 0 spiro atoms. The molecule has 2 rings (SSSR count). The maximum atomic E-state index is 12.7. The smallest absolute Gasteiger partial charge is 0.207 e. The van der Waals surface area contributed by atoms with Gasteiger partial charge in [-0.3, -0.25) is 0 Å². The first kappa shape index (κ1) is 15.8. The monoisotopic (exact) mass is 385 g/mol. The second kappa shape index (κ2) is 6.43. The standard InChI is InChI=1S/C12H17BrClNO2S2/c1-2-9-4-3-5-15(8-9)19(16,17)11-6-10(7-14)18-12(11)13/h6,9H,2-5,7-8H2,1H3. The Morgan fingerprint density at radius 1 is 1.58 bits per heavy atom. The molecule has 7 heteroatoms. The van der Waals surface area contributed by atoms with Gasteiger partial charge in [0.05, 0.1) is 9.67 Å². The van der Waals surface area contributed by atoms with E-state index in [1.54, 1.807) is 10.4 Å². The molecule has 0 aliphatic carbocycles. The first-order valence-corrected chi connectivity index (χ1v) is 9.91. The van der Waals surface area contributed by atoms with E-state index in [-0.39, 0.29) is 0 Å². The molecule has 19 heavy (non-hydrogen) atoms. The first-order chi connectivity index (χ1) is 8.98. The molecule has 1 aromatic rings. The molecule has 0 radical (unpaired) electrons. The lowest BCUT2D eigenvalue weighted by Crippen LogP contribution is -2.39. The Labute approximate surface area is 132 Å². The predicted molar refractivity (Wildman–Crippen MR) is 83.3 cm³/mol. The van der Waals surface area contributed by atoms with Crippen LogP contribution in [0.25, 0.3) is 0 Å². The Morgan fingerprint density at radius 3 is 2.89 bits per heavy atom. The Kier molecular flexibility index (Phi) is 5.34. The Balaban J connectivity index is 2.28. The number of halogens is 2. The van der Waals surface area contributed by atoms with E-state index in [0.717, 1.165) is 24.1 Å². The normalized spacial score (nSPS) is 21.7. The summed E-state index contributed by atoms with van der Waals surface area (Å²) in [7, 11) is -3.39. The average Bonchev–Trinajstić information content (AvgIpc) is 2.81. The van der Waals surface area contributed by atoms with Gasteiger partial charge in [0.1, 0.15) is 4.90 Å². The van der Waals surface area contributed by atoms with E-state index >= 15 is 0 Å². The van der Waals surface area contributed by atoms with Gasteiger partial charge in [-0.1, -0.05) is 13.3 Å². The molecule has 1 aliphatic heterocycles. The molecule has 1 fully saturated rings. The Morgan fingerprint density at radius 2 is 2.32 bits per heavy atom. The van der Waals surface area contributed by atoms with E-state index < -0.39 is 10.0 Å². The first-order valence-electron chi connectivity index (χ1n) is 6.33. The van der Waals surface area contributed by atoms with Gasteiger partial charge in [0, 0.05) is 18.0 Å². The van der Waals surface area contributed by atoms with Gasteiger partial charge in [-0.15, -0.1) is 22.9 Å². The molecule has 0 amide bonds. The van der Waals surface area contributed by atoms with Crippen molar-refractivity contribution in [3.63, 3.8) is 0 Å². The summed E-state index contributed by atoms with van der Waals surface area (Å²) in [5.41, 5.74) is 0. The molecule has 0 N–H and O–H groups in total. The van der Waals surface area contributed by atoms with Crippen molar-refractivity contribution in [1.29, 1.82) is 0 Å². The summed E-state index contributed by atoms with van der Waals surface area (Å²) in [6, 6.07) is 1.69. The molecule has 1 aliphatic rings. The summed E-state index contributed by atoms with van der Waals surface area (Å²) in [5, 5.41) is 0. The van der Waals surface area contributed by atoms with Crippen LogP contribution in [0.5, 0.6) is 0 Å².